The molecule has 0 aliphatic rings. The van der Waals surface area contributed by atoms with E-state index in [2.05, 4.69) is 25.8 Å². The van der Waals surface area contributed by atoms with Gasteiger partial charge < -0.3 is 0 Å². The van der Waals surface area contributed by atoms with Gasteiger partial charge in [0.1, 0.15) is 0 Å². The van der Waals surface area contributed by atoms with Crippen molar-refractivity contribution in [1.82, 2.24) is 4.98 Å². The molecule has 0 unspecified atom stereocenters. The van der Waals surface area contributed by atoms with Gasteiger partial charge in [-0.1, -0.05) is 74.0 Å². The summed E-state index contributed by atoms with van der Waals surface area (Å²) in [7, 11) is 0. The third-order valence-corrected chi connectivity index (χ3v) is 5.44. The summed E-state index contributed by atoms with van der Waals surface area (Å²) in [5.41, 5.74) is 2.61. The second-order valence-electron chi connectivity index (χ2n) is 7.40. The molecule has 0 radical (unpaired) electrons. The van der Waals surface area contributed by atoms with Crippen molar-refractivity contribution >= 4 is 40.0 Å². The van der Waals surface area contributed by atoms with Crippen LogP contribution in [0.3, 0.4) is 0 Å². The van der Waals surface area contributed by atoms with E-state index in [1.165, 1.54) is 23.5 Å². The van der Waals surface area contributed by atoms with Crippen molar-refractivity contribution in [3.63, 3.8) is 0 Å². The number of nitro groups is 1. The number of nitrogens with zero attached hydrogens (tertiary/aromatic N) is 3. The number of nitro benzene ring substituents is 1. The van der Waals surface area contributed by atoms with Gasteiger partial charge in [-0.15, -0.1) is 0 Å². The number of non-ortho nitro benzene ring substituents is 1. The maximum absolute atomic E-state index is 10.9. The highest BCUT2D eigenvalue weighted by atomic mass is 35.5. The lowest BCUT2D eigenvalue weighted by atomic mass is 9.90. The van der Waals surface area contributed by atoms with E-state index in [9.17, 15) is 10.1 Å². The molecule has 0 atom stereocenters. The molecule has 144 valence electrons. The zero-order chi connectivity index (χ0) is 20.3. The van der Waals surface area contributed by atoms with Crippen molar-refractivity contribution in [1.29, 1.82) is 0 Å². The molecule has 7 heteroatoms. The smallest absolute Gasteiger partial charge is 0.258 e. The minimum Gasteiger partial charge on any atom is -0.258 e. The van der Waals surface area contributed by atoms with Crippen LogP contribution < -0.4 is 0 Å². The Balaban J connectivity index is 1.92. The number of halogens is 1. The predicted molar refractivity (Wildman–Crippen MR) is 115 cm³/mol. The topological polar surface area (TPSA) is 68.4 Å². The number of thiazole rings is 1. The first-order valence-electron chi connectivity index (χ1n) is 8.76. The third kappa shape index (κ3) is 4.82. The van der Waals surface area contributed by atoms with E-state index >= 15 is 0 Å². The van der Waals surface area contributed by atoms with Crippen LogP contribution in [-0.4, -0.2) is 16.1 Å². The van der Waals surface area contributed by atoms with Gasteiger partial charge in [-0.2, -0.15) is 0 Å². The van der Waals surface area contributed by atoms with Crippen molar-refractivity contribution in [2.24, 2.45) is 4.99 Å². The second kappa shape index (κ2) is 8.20. The molecule has 0 saturated heterocycles. The highest BCUT2D eigenvalue weighted by Crippen LogP contribution is 2.35. The van der Waals surface area contributed by atoms with E-state index in [4.69, 9.17) is 16.6 Å². The summed E-state index contributed by atoms with van der Waals surface area (Å²) >= 11 is 7.85. The fraction of sp³-hybridized carbons (Fsp3) is 0.238. The maximum atomic E-state index is 10.9. The van der Waals surface area contributed by atoms with Gasteiger partial charge in [0.25, 0.3) is 5.69 Å². The molecule has 0 aliphatic heterocycles. The average molecular weight is 414 g/mol. The molecule has 0 aliphatic carbocycles. The largest absolute Gasteiger partial charge is 0.270 e. The molecule has 0 bridgehead atoms. The molecule has 5 nitrogen and oxygen atoms in total. The van der Waals surface area contributed by atoms with Crippen molar-refractivity contribution in [2.75, 3.05) is 0 Å². The van der Waals surface area contributed by atoms with Crippen LogP contribution in [0.2, 0.25) is 5.02 Å². The van der Waals surface area contributed by atoms with E-state index in [1.807, 2.05) is 24.3 Å². The van der Waals surface area contributed by atoms with Crippen LogP contribution in [0.4, 0.5) is 10.8 Å². The van der Waals surface area contributed by atoms with E-state index in [-0.39, 0.29) is 11.1 Å². The lowest BCUT2D eigenvalue weighted by Gasteiger charge is -2.17. The standard InChI is InChI=1S/C21H20ClN3O2S/c1-21(2,3)19-18(12-15-8-4-5-10-17(15)22)28-20(24-19)23-13-14-7-6-9-16(11-14)25(26)27/h4-11,13H,12H2,1-3H3/b23-13+. The van der Waals surface area contributed by atoms with Gasteiger partial charge in [-0.05, 0) is 17.2 Å². The Bertz CT molecular complexity index is 1040. The summed E-state index contributed by atoms with van der Waals surface area (Å²) in [5.74, 6) is 0. The minimum absolute atomic E-state index is 0.0397. The Kier molecular flexibility index (Phi) is 5.91. The van der Waals surface area contributed by atoms with Crippen LogP contribution >= 0.6 is 22.9 Å². The Labute approximate surface area is 172 Å². The molecule has 0 amide bonds. The van der Waals surface area contributed by atoms with Gasteiger partial charge in [0.05, 0.1) is 10.6 Å². The van der Waals surface area contributed by atoms with Gasteiger partial charge >= 0.3 is 0 Å². The summed E-state index contributed by atoms with van der Waals surface area (Å²) in [6, 6.07) is 14.2. The molecule has 3 rings (SSSR count). The molecule has 3 aromatic rings. The fourth-order valence-electron chi connectivity index (χ4n) is 2.76. The molecule has 0 N–H and O–H groups in total. The van der Waals surface area contributed by atoms with Crippen LogP contribution in [0, 0.1) is 10.1 Å². The SMILES string of the molecule is CC(C)(C)c1nc(/N=C/c2cccc([N+](=O)[O-])c2)sc1Cc1ccccc1Cl. The zero-order valence-corrected chi connectivity index (χ0v) is 17.4. The highest BCUT2D eigenvalue weighted by Gasteiger charge is 2.23. The number of benzene rings is 2. The van der Waals surface area contributed by atoms with Crippen LogP contribution in [0.5, 0.6) is 0 Å². The van der Waals surface area contributed by atoms with E-state index in [1.54, 1.807) is 18.3 Å². The third-order valence-electron chi connectivity index (χ3n) is 4.11. The average Bonchev–Trinajstić information content (AvgIpc) is 3.05. The molecular formula is C21H20ClN3O2S. The number of aromatic nitrogens is 1. The van der Waals surface area contributed by atoms with Crippen LogP contribution in [0.25, 0.3) is 0 Å². The Morgan fingerprint density at radius 1 is 1.21 bits per heavy atom. The normalized spacial score (nSPS) is 11.9. The number of hydrogen-bond acceptors (Lipinski definition) is 5. The first kappa shape index (κ1) is 20.2. The maximum Gasteiger partial charge on any atom is 0.270 e. The van der Waals surface area contributed by atoms with Crippen molar-refractivity contribution in [3.8, 4) is 0 Å². The monoisotopic (exact) mass is 413 g/mol. The molecular weight excluding hydrogens is 394 g/mol. The van der Waals surface area contributed by atoms with Gasteiger partial charge in [-0.3, -0.25) is 10.1 Å². The van der Waals surface area contributed by atoms with Crippen molar-refractivity contribution in [2.45, 2.75) is 32.6 Å². The van der Waals surface area contributed by atoms with E-state index < -0.39 is 4.92 Å². The predicted octanol–water partition coefficient (Wildman–Crippen LogP) is 6.34. The minimum atomic E-state index is -0.417. The number of aliphatic imine (C=N–C) groups is 1. The van der Waals surface area contributed by atoms with Crippen LogP contribution in [0.15, 0.2) is 53.5 Å². The molecule has 1 heterocycles. The molecule has 0 saturated carbocycles. The molecule has 2 aromatic carbocycles. The number of rotatable bonds is 5. The quantitative estimate of drug-likeness (QED) is 0.278. The van der Waals surface area contributed by atoms with Crippen LogP contribution in [-0.2, 0) is 11.8 Å². The van der Waals surface area contributed by atoms with E-state index in [0.29, 0.717) is 17.1 Å². The molecule has 28 heavy (non-hydrogen) atoms. The van der Waals surface area contributed by atoms with Gasteiger partial charge in [0.2, 0.25) is 5.13 Å². The molecule has 0 fully saturated rings. The lowest BCUT2D eigenvalue weighted by molar-refractivity contribution is -0.384. The van der Waals surface area contributed by atoms with E-state index in [0.717, 1.165) is 21.2 Å². The zero-order valence-electron chi connectivity index (χ0n) is 15.8. The first-order chi connectivity index (χ1) is 13.2. The van der Waals surface area contributed by atoms with Gasteiger partial charge in [0, 0.05) is 40.1 Å². The Morgan fingerprint density at radius 2 is 1.96 bits per heavy atom. The summed E-state index contributed by atoms with van der Waals surface area (Å²) < 4.78 is 0. The van der Waals surface area contributed by atoms with Crippen LogP contribution in [0.1, 0.15) is 42.5 Å². The number of hydrogen-bond donors (Lipinski definition) is 0. The lowest BCUT2D eigenvalue weighted by Crippen LogP contribution is -2.14. The summed E-state index contributed by atoms with van der Waals surface area (Å²) in [6.45, 7) is 6.35. The fourth-order valence-corrected chi connectivity index (χ4v) is 4.10. The van der Waals surface area contributed by atoms with Gasteiger partial charge in [-0.25, -0.2) is 9.98 Å². The summed E-state index contributed by atoms with van der Waals surface area (Å²) in [5, 5.41) is 12.3. The van der Waals surface area contributed by atoms with Gasteiger partial charge in [0.15, 0.2) is 0 Å². The highest BCUT2D eigenvalue weighted by molar-refractivity contribution is 7.15. The Morgan fingerprint density at radius 3 is 2.64 bits per heavy atom. The first-order valence-corrected chi connectivity index (χ1v) is 9.95. The van der Waals surface area contributed by atoms with Crippen molar-refractivity contribution in [3.05, 3.63) is 85.4 Å². The molecule has 1 aromatic heterocycles. The summed E-state index contributed by atoms with van der Waals surface area (Å²) in [6.07, 6.45) is 2.30. The Hall–Kier alpha value is -2.57. The molecule has 0 spiro atoms. The summed E-state index contributed by atoms with van der Waals surface area (Å²) in [4.78, 5) is 20.8. The van der Waals surface area contributed by atoms with Crippen molar-refractivity contribution < 1.29 is 4.92 Å². The second-order valence-corrected chi connectivity index (χ2v) is 8.87.